The van der Waals surface area contributed by atoms with E-state index >= 15 is 0 Å². The van der Waals surface area contributed by atoms with Crippen molar-refractivity contribution in [2.24, 2.45) is 0 Å². The van der Waals surface area contributed by atoms with Crippen LogP contribution in [0.2, 0.25) is 0 Å². The zero-order valence-electron chi connectivity index (χ0n) is 13.8. The standard InChI is InChI=1S/C22H18O3/c1-25-22(24)21-19(8-5-9-20(21)23)15-12-16-10-13-18(14-11-16)17-6-3-2-4-7-17/h2-15,23H,1H3/b15-12+. The fourth-order valence-electron chi connectivity index (χ4n) is 2.62. The van der Waals surface area contributed by atoms with Crippen LogP contribution < -0.4 is 0 Å². The number of phenolic OH excluding ortho intramolecular Hbond substituents is 1. The second-order valence-corrected chi connectivity index (χ2v) is 5.55. The Morgan fingerprint density at radius 3 is 2.20 bits per heavy atom. The summed E-state index contributed by atoms with van der Waals surface area (Å²) in [6.07, 6.45) is 3.69. The molecule has 0 fully saturated rings. The Morgan fingerprint density at radius 1 is 0.840 bits per heavy atom. The lowest BCUT2D eigenvalue weighted by molar-refractivity contribution is 0.0597. The van der Waals surface area contributed by atoms with Crippen LogP contribution in [0.1, 0.15) is 21.5 Å². The van der Waals surface area contributed by atoms with Crippen LogP contribution >= 0.6 is 0 Å². The van der Waals surface area contributed by atoms with E-state index in [1.807, 2.05) is 36.4 Å². The second-order valence-electron chi connectivity index (χ2n) is 5.55. The van der Waals surface area contributed by atoms with Crippen molar-refractivity contribution < 1.29 is 14.6 Å². The summed E-state index contributed by atoms with van der Waals surface area (Å²) in [5.41, 5.74) is 4.09. The highest BCUT2D eigenvalue weighted by Gasteiger charge is 2.14. The molecule has 0 radical (unpaired) electrons. The van der Waals surface area contributed by atoms with Gasteiger partial charge in [0.1, 0.15) is 11.3 Å². The second kappa shape index (κ2) is 7.49. The smallest absolute Gasteiger partial charge is 0.342 e. The molecule has 0 saturated carbocycles. The molecular weight excluding hydrogens is 312 g/mol. The first-order chi connectivity index (χ1) is 12.2. The predicted molar refractivity (Wildman–Crippen MR) is 100 cm³/mol. The molecule has 0 aliphatic rings. The molecule has 0 amide bonds. The van der Waals surface area contributed by atoms with Crippen LogP contribution in [0.15, 0.2) is 72.8 Å². The van der Waals surface area contributed by atoms with E-state index in [1.165, 1.54) is 18.7 Å². The first kappa shape index (κ1) is 16.5. The maximum atomic E-state index is 11.9. The Balaban J connectivity index is 1.86. The van der Waals surface area contributed by atoms with Crippen LogP contribution in [0.5, 0.6) is 5.75 Å². The summed E-state index contributed by atoms with van der Waals surface area (Å²) in [7, 11) is 1.30. The maximum absolute atomic E-state index is 11.9. The molecule has 3 aromatic carbocycles. The summed E-state index contributed by atoms with van der Waals surface area (Å²) in [6, 6.07) is 23.2. The van der Waals surface area contributed by atoms with Gasteiger partial charge < -0.3 is 9.84 Å². The molecule has 0 unspecified atom stereocenters. The van der Waals surface area contributed by atoms with Crippen molar-refractivity contribution in [3.05, 3.63) is 89.5 Å². The molecule has 3 aromatic rings. The van der Waals surface area contributed by atoms with Crippen molar-refractivity contribution in [2.45, 2.75) is 0 Å². The molecule has 3 nitrogen and oxygen atoms in total. The Morgan fingerprint density at radius 2 is 1.52 bits per heavy atom. The van der Waals surface area contributed by atoms with E-state index in [1.54, 1.807) is 18.2 Å². The third-order valence-corrected chi connectivity index (χ3v) is 3.94. The average Bonchev–Trinajstić information content (AvgIpc) is 2.67. The number of aromatic hydroxyl groups is 1. The van der Waals surface area contributed by atoms with Gasteiger partial charge >= 0.3 is 5.97 Å². The van der Waals surface area contributed by atoms with Gasteiger partial charge in [-0.15, -0.1) is 0 Å². The number of carbonyl (C=O) groups is 1. The van der Waals surface area contributed by atoms with Crippen molar-refractivity contribution >= 4 is 18.1 Å². The topological polar surface area (TPSA) is 46.5 Å². The SMILES string of the molecule is COC(=O)c1c(O)cccc1/C=C/c1ccc(-c2ccccc2)cc1. The molecule has 0 atom stereocenters. The van der Waals surface area contributed by atoms with Crippen molar-refractivity contribution in [1.82, 2.24) is 0 Å². The van der Waals surface area contributed by atoms with Gasteiger partial charge in [-0.2, -0.15) is 0 Å². The minimum atomic E-state index is -0.558. The Hall–Kier alpha value is -3.33. The van der Waals surface area contributed by atoms with Gasteiger partial charge in [-0.3, -0.25) is 0 Å². The largest absolute Gasteiger partial charge is 0.507 e. The summed E-state index contributed by atoms with van der Waals surface area (Å²) in [6.45, 7) is 0. The number of phenols is 1. The van der Waals surface area contributed by atoms with Gasteiger partial charge in [-0.05, 0) is 28.3 Å². The molecule has 0 aromatic heterocycles. The zero-order valence-corrected chi connectivity index (χ0v) is 13.8. The van der Waals surface area contributed by atoms with Crippen LogP contribution in [0.25, 0.3) is 23.3 Å². The molecule has 3 rings (SSSR count). The normalized spacial score (nSPS) is 10.8. The minimum Gasteiger partial charge on any atom is -0.507 e. The molecule has 0 spiro atoms. The minimum absolute atomic E-state index is 0.0894. The van der Waals surface area contributed by atoms with Gasteiger partial charge in [-0.1, -0.05) is 78.9 Å². The quantitative estimate of drug-likeness (QED) is 0.540. The molecule has 1 N–H and O–H groups in total. The molecule has 25 heavy (non-hydrogen) atoms. The van der Waals surface area contributed by atoms with E-state index in [-0.39, 0.29) is 11.3 Å². The van der Waals surface area contributed by atoms with E-state index in [9.17, 15) is 9.90 Å². The van der Waals surface area contributed by atoms with E-state index < -0.39 is 5.97 Å². The monoisotopic (exact) mass is 330 g/mol. The predicted octanol–water partition coefficient (Wildman–Crippen LogP) is 5.02. The van der Waals surface area contributed by atoms with Crippen molar-refractivity contribution in [3.63, 3.8) is 0 Å². The molecule has 0 aliphatic carbocycles. The van der Waals surface area contributed by atoms with Crippen LogP contribution in [0.4, 0.5) is 0 Å². The summed E-state index contributed by atoms with van der Waals surface area (Å²) in [5.74, 6) is -0.648. The molecule has 0 saturated heterocycles. The van der Waals surface area contributed by atoms with Crippen LogP contribution in [0, 0.1) is 0 Å². The first-order valence-electron chi connectivity index (χ1n) is 7.93. The number of ether oxygens (including phenoxy) is 1. The molecular formula is C22H18O3. The molecule has 0 heterocycles. The van der Waals surface area contributed by atoms with Gasteiger partial charge in [0.15, 0.2) is 0 Å². The average molecular weight is 330 g/mol. The number of benzene rings is 3. The van der Waals surface area contributed by atoms with Crippen molar-refractivity contribution in [2.75, 3.05) is 7.11 Å². The number of carbonyl (C=O) groups excluding carboxylic acids is 1. The van der Waals surface area contributed by atoms with E-state index in [4.69, 9.17) is 4.74 Å². The highest BCUT2D eigenvalue weighted by atomic mass is 16.5. The molecule has 0 aliphatic heterocycles. The lowest BCUT2D eigenvalue weighted by Gasteiger charge is -2.06. The number of rotatable bonds is 4. The molecule has 124 valence electrons. The van der Waals surface area contributed by atoms with Crippen molar-refractivity contribution in [1.29, 1.82) is 0 Å². The summed E-state index contributed by atoms with van der Waals surface area (Å²) < 4.78 is 4.74. The van der Waals surface area contributed by atoms with Gasteiger partial charge in [0, 0.05) is 0 Å². The summed E-state index contributed by atoms with van der Waals surface area (Å²) in [4.78, 5) is 11.9. The third kappa shape index (κ3) is 3.78. The molecule has 3 heteroatoms. The molecule has 0 bridgehead atoms. The van der Waals surface area contributed by atoms with Crippen molar-refractivity contribution in [3.8, 4) is 16.9 Å². The lowest BCUT2D eigenvalue weighted by atomic mass is 10.0. The Kier molecular flexibility index (Phi) is 4.95. The van der Waals surface area contributed by atoms with Gasteiger partial charge in [0.25, 0.3) is 0 Å². The number of hydrogen-bond donors (Lipinski definition) is 1. The fourth-order valence-corrected chi connectivity index (χ4v) is 2.62. The van der Waals surface area contributed by atoms with Crippen LogP contribution in [-0.2, 0) is 4.74 Å². The maximum Gasteiger partial charge on any atom is 0.342 e. The van der Waals surface area contributed by atoms with Crippen LogP contribution in [0.3, 0.4) is 0 Å². The van der Waals surface area contributed by atoms with Crippen LogP contribution in [-0.4, -0.2) is 18.2 Å². The van der Waals surface area contributed by atoms with Gasteiger partial charge in [0.05, 0.1) is 7.11 Å². The van der Waals surface area contributed by atoms with Gasteiger partial charge in [-0.25, -0.2) is 4.79 Å². The van der Waals surface area contributed by atoms with E-state index in [0.717, 1.165) is 11.1 Å². The van der Waals surface area contributed by atoms with E-state index in [0.29, 0.717) is 5.56 Å². The Bertz CT molecular complexity index is 894. The zero-order chi connectivity index (χ0) is 17.6. The number of esters is 1. The summed E-state index contributed by atoms with van der Waals surface area (Å²) in [5, 5.41) is 9.92. The highest BCUT2D eigenvalue weighted by molar-refractivity contribution is 5.97. The highest BCUT2D eigenvalue weighted by Crippen LogP contribution is 2.24. The first-order valence-corrected chi connectivity index (χ1v) is 7.93. The van der Waals surface area contributed by atoms with E-state index in [2.05, 4.69) is 24.3 Å². The fraction of sp³-hybridized carbons (Fsp3) is 0.0455. The Labute approximate surface area is 146 Å². The summed E-state index contributed by atoms with van der Waals surface area (Å²) >= 11 is 0. The number of hydrogen-bond acceptors (Lipinski definition) is 3. The third-order valence-electron chi connectivity index (χ3n) is 3.94. The van der Waals surface area contributed by atoms with Gasteiger partial charge in [0.2, 0.25) is 0 Å². The lowest BCUT2D eigenvalue weighted by Crippen LogP contribution is -2.03. The number of methoxy groups -OCH3 is 1.